The van der Waals surface area contributed by atoms with Gasteiger partial charge in [0.05, 0.1) is 0 Å². The molecule has 98 valence electrons. The monoisotopic (exact) mass is 247 g/mol. The number of piperidine rings is 1. The van der Waals surface area contributed by atoms with E-state index in [-0.39, 0.29) is 5.82 Å². The second kappa shape index (κ2) is 5.00. The van der Waals surface area contributed by atoms with Gasteiger partial charge in [-0.3, -0.25) is 4.90 Å². The predicted octanol–water partition coefficient (Wildman–Crippen LogP) is 3.94. The fourth-order valence-corrected chi connectivity index (χ4v) is 3.46. The van der Waals surface area contributed by atoms with Gasteiger partial charge in [0.25, 0.3) is 0 Å². The van der Waals surface area contributed by atoms with Crippen molar-refractivity contribution in [3.63, 3.8) is 0 Å². The maximum atomic E-state index is 13.5. The minimum absolute atomic E-state index is 0.0778. The van der Waals surface area contributed by atoms with E-state index in [1.54, 1.807) is 12.1 Å². The molecule has 0 bridgehead atoms. The SMILES string of the molecule is CC1CCN(C2CCCc3ccc(F)cc32)CC1. The smallest absolute Gasteiger partial charge is 0.123 e. The van der Waals surface area contributed by atoms with Gasteiger partial charge in [-0.05, 0) is 74.4 Å². The third kappa shape index (κ3) is 2.31. The van der Waals surface area contributed by atoms with Gasteiger partial charge in [0.2, 0.25) is 0 Å². The van der Waals surface area contributed by atoms with Crippen molar-refractivity contribution in [1.29, 1.82) is 0 Å². The molecule has 0 N–H and O–H groups in total. The Bertz CT molecular complexity index is 421. The van der Waals surface area contributed by atoms with Crippen LogP contribution in [0.1, 0.15) is 49.8 Å². The summed E-state index contributed by atoms with van der Waals surface area (Å²) in [5.74, 6) is 0.780. The summed E-state index contributed by atoms with van der Waals surface area (Å²) in [6.45, 7) is 4.70. The van der Waals surface area contributed by atoms with Crippen LogP contribution in [0, 0.1) is 11.7 Å². The Morgan fingerprint density at radius 2 is 1.94 bits per heavy atom. The van der Waals surface area contributed by atoms with Gasteiger partial charge in [-0.2, -0.15) is 0 Å². The van der Waals surface area contributed by atoms with Gasteiger partial charge in [-0.1, -0.05) is 13.0 Å². The van der Waals surface area contributed by atoms with Crippen LogP contribution in [-0.4, -0.2) is 18.0 Å². The van der Waals surface area contributed by atoms with Crippen molar-refractivity contribution in [1.82, 2.24) is 4.90 Å². The minimum Gasteiger partial charge on any atom is -0.296 e. The zero-order chi connectivity index (χ0) is 12.5. The summed E-state index contributed by atoms with van der Waals surface area (Å²) in [6, 6.07) is 5.84. The molecule has 1 atom stereocenters. The average Bonchev–Trinajstić information content (AvgIpc) is 2.39. The van der Waals surface area contributed by atoms with Crippen molar-refractivity contribution in [2.75, 3.05) is 13.1 Å². The number of rotatable bonds is 1. The Kier molecular flexibility index (Phi) is 3.38. The van der Waals surface area contributed by atoms with E-state index in [1.165, 1.54) is 49.9 Å². The Hall–Kier alpha value is -0.890. The first-order chi connectivity index (χ1) is 8.74. The lowest BCUT2D eigenvalue weighted by Crippen LogP contribution is -2.37. The molecule has 0 saturated carbocycles. The molecule has 0 spiro atoms. The number of halogens is 1. The highest BCUT2D eigenvalue weighted by molar-refractivity contribution is 5.33. The molecule has 2 aliphatic rings. The summed E-state index contributed by atoms with van der Waals surface area (Å²) in [4.78, 5) is 2.58. The molecule has 1 aliphatic carbocycles. The third-order valence-corrected chi connectivity index (χ3v) is 4.65. The van der Waals surface area contributed by atoms with Crippen molar-refractivity contribution in [2.45, 2.75) is 45.1 Å². The zero-order valence-corrected chi connectivity index (χ0v) is 11.2. The molecule has 1 unspecified atom stereocenters. The van der Waals surface area contributed by atoms with Crippen LogP contribution >= 0.6 is 0 Å². The zero-order valence-electron chi connectivity index (χ0n) is 11.2. The van der Waals surface area contributed by atoms with E-state index in [9.17, 15) is 4.39 Å². The highest BCUT2D eigenvalue weighted by atomic mass is 19.1. The van der Waals surface area contributed by atoms with Gasteiger partial charge in [0.1, 0.15) is 5.82 Å². The summed E-state index contributed by atoms with van der Waals surface area (Å²) >= 11 is 0. The Balaban J connectivity index is 1.84. The summed E-state index contributed by atoms with van der Waals surface area (Å²) in [5, 5.41) is 0. The number of nitrogens with zero attached hydrogens (tertiary/aromatic N) is 1. The van der Waals surface area contributed by atoms with Crippen molar-refractivity contribution in [3.05, 3.63) is 35.1 Å². The lowest BCUT2D eigenvalue weighted by molar-refractivity contribution is 0.125. The van der Waals surface area contributed by atoms with Gasteiger partial charge in [0.15, 0.2) is 0 Å². The second-order valence-corrected chi connectivity index (χ2v) is 5.97. The number of benzene rings is 1. The van der Waals surface area contributed by atoms with Crippen molar-refractivity contribution < 1.29 is 4.39 Å². The lowest BCUT2D eigenvalue weighted by Gasteiger charge is -2.39. The predicted molar refractivity (Wildman–Crippen MR) is 72.1 cm³/mol. The number of likely N-dealkylation sites (tertiary alicyclic amines) is 1. The van der Waals surface area contributed by atoms with Crippen LogP contribution in [0.5, 0.6) is 0 Å². The molecule has 2 heteroatoms. The normalized spacial score (nSPS) is 26.0. The molecule has 1 fully saturated rings. The van der Waals surface area contributed by atoms with E-state index >= 15 is 0 Å². The summed E-state index contributed by atoms with van der Waals surface area (Å²) in [7, 11) is 0. The van der Waals surface area contributed by atoms with Crippen LogP contribution < -0.4 is 0 Å². The Morgan fingerprint density at radius 3 is 2.72 bits per heavy atom. The second-order valence-electron chi connectivity index (χ2n) is 5.97. The standard InChI is InChI=1S/C16H22FN/c1-12-7-9-18(10-8-12)16-4-2-3-13-5-6-14(17)11-15(13)16/h5-6,11-12,16H,2-4,7-10H2,1H3. The van der Waals surface area contributed by atoms with Crippen LogP contribution in [-0.2, 0) is 6.42 Å². The molecular weight excluding hydrogens is 225 g/mol. The van der Waals surface area contributed by atoms with Crippen LogP contribution in [0.4, 0.5) is 4.39 Å². The van der Waals surface area contributed by atoms with E-state index in [4.69, 9.17) is 0 Å². The number of fused-ring (bicyclic) bond motifs is 1. The maximum Gasteiger partial charge on any atom is 0.123 e. The van der Waals surface area contributed by atoms with Crippen molar-refractivity contribution in [3.8, 4) is 0 Å². The molecule has 1 saturated heterocycles. The van der Waals surface area contributed by atoms with Crippen LogP contribution in [0.2, 0.25) is 0 Å². The number of hydrogen-bond donors (Lipinski definition) is 0. The van der Waals surface area contributed by atoms with Crippen LogP contribution in [0.3, 0.4) is 0 Å². The van der Waals surface area contributed by atoms with Crippen LogP contribution in [0.15, 0.2) is 18.2 Å². The fourth-order valence-electron chi connectivity index (χ4n) is 3.46. The highest BCUT2D eigenvalue weighted by Gasteiger charge is 2.28. The van der Waals surface area contributed by atoms with E-state index in [1.807, 2.05) is 6.07 Å². The van der Waals surface area contributed by atoms with Crippen molar-refractivity contribution in [2.24, 2.45) is 5.92 Å². The molecule has 0 radical (unpaired) electrons. The minimum atomic E-state index is -0.0778. The van der Waals surface area contributed by atoms with Gasteiger partial charge in [-0.15, -0.1) is 0 Å². The van der Waals surface area contributed by atoms with Gasteiger partial charge >= 0.3 is 0 Å². The molecule has 3 rings (SSSR count). The summed E-state index contributed by atoms with van der Waals surface area (Å²) in [6.07, 6.45) is 6.15. The van der Waals surface area contributed by atoms with E-state index < -0.39 is 0 Å². The number of aryl methyl sites for hydroxylation is 1. The molecule has 0 amide bonds. The average molecular weight is 247 g/mol. The lowest BCUT2D eigenvalue weighted by atomic mass is 9.85. The molecule has 1 heterocycles. The molecule has 1 aromatic carbocycles. The molecule has 0 aromatic heterocycles. The Labute approximate surface area is 109 Å². The van der Waals surface area contributed by atoms with Gasteiger partial charge in [-0.25, -0.2) is 4.39 Å². The summed E-state index contributed by atoms with van der Waals surface area (Å²) in [5.41, 5.74) is 2.63. The molecular formula is C16H22FN. The highest BCUT2D eigenvalue weighted by Crippen LogP contribution is 2.36. The summed E-state index contributed by atoms with van der Waals surface area (Å²) < 4.78 is 13.5. The van der Waals surface area contributed by atoms with Gasteiger partial charge in [0, 0.05) is 6.04 Å². The largest absolute Gasteiger partial charge is 0.296 e. The first-order valence-corrected chi connectivity index (χ1v) is 7.26. The van der Waals surface area contributed by atoms with Gasteiger partial charge < -0.3 is 0 Å². The quantitative estimate of drug-likeness (QED) is 0.726. The third-order valence-electron chi connectivity index (χ3n) is 4.65. The molecule has 1 aromatic rings. The van der Waals surface area contributed by atoms with Crippen LogP contribution in [0.25, 0.3) is 0 Å². The molecule has 18 heavy (non-hydrogen) atoms. The fraction of sp³-hybridized carbons (Fsp3) is 0.625. The van der Waals surface area contributed by atoms with E-state index in [2.05, 4.69) is 11.8 Å². The topological polar surface area (TPSA) is 3.24 Å². The number of hydrogen-bond acceptors (Lipinski definition) is 1. The van der Waals surface area contributed by atoms with Crippen molar-refractivity contribution >= 4 is 0 Å². The molecule has 1 nitrogen and oxygen atoms in total. The first-order valence-electron chi connectivity index (χ1n) is 7.26. The maximum absolute atomic E-state index is 13.5. The Morgan fingerprint density at radius 1 is 1.17 bits per heavy atom. The molecule has 1 aliphatic heterocycles. The van der Waals surface area contributed by atoms with E-state index in [0.29, 0.717) is 6.04 Å². The van der Waals surface area contributed by atoms with E-state index in [0.717, 1.165) is 12.3 Å². The first kappa shape index (κ1) is 12.2.